The van der Waals surface area contributed by atoms with Gasteiger partial charge in [0, 0.05) is 19.3 Å². The third-order valence-corrected chi connectivity index (χ3v) is 2.99. The van der Waals surface area contributed by atoms with E-state index in [4.69, 9.17) is 5.73 Å². The van der Waals surface area contributed by atoms with Gasteiger partial charge >= 0.3 is 0 Å². The van der Waals surface area contributed by atoms with Crippen LogP contribution in [0, 0.1) is 13.8 Å². The second-order valence-electron chi connectivity index (χ2n) is 4.96. The molecule has 0 saturated carbocycles. The van der Waals surface area contributed by atoms with E-state index in [1.54, 1.807) is 4.68 Å². The van der Waals surface area contributed by atoms with Crippen LogP contribution in [-0.2, 0) is 13.1 Å². The molecule has 2 rings (SSSR count). The minimum Gasteiger partial charge on any atom is -0.369 e. The van der Waals surface area contributed by atoms with Crippen LogP contribution >= 0.6 is 0 Å². The third-order valence-electron chi connectivity index (χ3n) is 2.99. The molecule has 5 heteroatoms. The molecule has 0 radical (unpaired) electrons. The highest BCUT2D eigenvalue weighted by Crippen LogP contribution is 2.18. The number of aromatic nitrogens is 3. The van der Waals surface area contributed by atoms with Crippen LogP contribution < -0.4 is 10.6 Å². The second kappa shape index (κ2) is 5.84. The highest BCUT2D eigenvalue weighted by Gasteiger charge is 2.06. The van der Waals surface area contributed by atoms with Crippen LogP contribution in [-0.4, -0.2) is 28.6 Å². The summed E-state index contributed by atoms with van der Waals surface area (Å²) in [7, 11) is 2.07. The molecule has 0 aliphatic heterocycles. The summed E-state index contributed by atoms with van der Waals surface area (Å²) >= 11 is 0. The van der Waals surface area contributed by atoms with E-state index >= 15 is 0 Å². The largest absolute Gasteiger partial charge is 0.369 e. The minimum atomic E-state index is 0.579. The van der Waals surface area contributed by atoms with Crippen molar-refractivity contribution in [1.82, 2.24) is 15.0 Å². The quantitative estimate of drug-likeness (QED) is 0.883. The van der Waals surface area contributed by atoms with Gasteiger partial charge in [-0.25, -0.2) is 0 Å². The smallest absolute Gasteiger partial charge is 0.102 e. The van der Waals surface area contributed by atoms with E-state index in [1.165, 1.54) is 16.8 Å². The summed E-state index contributed by atoms with van der Waals surface area (Å²) in [4.78, 5) is 2.18. The summed E-state index contributed by atoms with van der Waals surface area (Å²) in [5.74, 6) is 0. The first-order valence-corrected chi connectivity index (χ1v) is 6.47. The van der Waals surface area contributed by atoms with E-state index < -0.39 is 0 Å². The predicted molar refractivity (Wildman–Crippen MR) is 77.1 cm³/mol. The van der Waals surface area contributed by atoms with E-state index in [9.17, 15) is 0 Å². The van der Waals surface area contributed by atoms with Gasteiger partial charge in [-0.15, -0.1) is 5.10 Å². The fourth-order valence-electron chi connectivity index (χ4n) is 2.16. The maximum Gasteiger partial charge on any atom is 0.102 e. The maximum absolute atomic E-state index is 5.50. The summed E-state index contributed by atoms with van der Waals surface area (Å²) < 4.78 is 1.78. The standard InChI is InChI=1S/C14H21N5/c1-11-6-12(2)8-14(7-11)18(3)9-13-10-19(5-4-15)17-16-13/h6-8,10H,4-5,9,15H2,1-3H3. The average Bonchev–Trinajstić information content (AvgIpc) is 2.76. The molecule has 1 aromatic heterocycles. The summed E-state index contributed by atoms with van der Waals surface area (Å²) in [6.07, 6.45) is 1.95. The summed E-state index contributed by atoms with van der Waals surface area (Å²) in [6, 6.07) is 6.53. The van der Waals surface area contributed by atoms with Gasteiger partial charge in [0.1, 0.15) is 5.69 Å². The van der Waals surface area contributed by atoms with Crippen molar-refractivity contribution in [2.75, 3.05) is 18.5 Å². The number of hydrogen-bond acceptors (Lipinski definition) is 4. The van der Waals surface area contributed by atoms with Crippen molar-refractivity contribution < 1.29 is 0 Å². The zero-order valence-electron chi connectivity index (χ0n) is 11.8. The van der Waals surface area contributed by atoms with Crippen molar-refractivity contribution in [1.29, 1.82) is 0 Å². The molecular formula is C14H21N5. The van der Waals surface area contributed by atoms with Crippen LogP contribution in [0.3, 0.4) is 0 Å². The SMILES string of the molecule is Cc1cc(C)cc(N(C)Cc2cn(CCN)nn2)c1. The van der Waals surface area contributed by atoms with Gasteiger partial charge in [-0.3, -0.25) is 4.68 Å². The number of nitrogens with zero attached hydrogens (tertiary/aromatic N) is 4. The molecule has 2 aromatic rings. The fraction of sp³-hybridized carbons (Fsp3) is 0.429. The van der Waals surface area contributed by atoms with Gasteiger partial charge in [-0.2, -0.15) is 0 Å². The molecule has 0 aliphatic rings. The lowest BCUT2D eigenvalue weighted by Crippen LogP contribution is -2.17. The molecule has 0 bridgehead atoms. The normalized spacial score (nSPS) is 10.7. The Kier molecular flexibility index (Phi) is 4.16. The van der Waals surface area contributed by atoms with Crippen LogP contribution in [0.5, 0.6) is 0 Å². The number of anilines is 1. The van der Waals surface area contributed by atoms with E-state index in [0.29, 0.717) is 13.1 Å². The van der Waals surface area contributed by atoms with Crippen LogP contribution in [0.25, 0.3) is 0 Å². The lowest BCUT2D eigenvalue weighted by atomic mass is 10.1. The summed E-state index contributed by atoms with van der Waals surface area (Å²) in [5.41, 5.74) is 10.2. The van der Waals surface area contributed by atoms with Crippen molar-refractivity contribution in [2.45, 2.75) is 26.9 Å². The number of hydrogen-bond donors (Lipinski definition) is 1. The number of rotatable bonds is 5. The van der Waals surface area contributed by atoms with E-state index in [-0.39, 0.29) is 0 Å². The van der Waals surface area contributed by atoms with Gasteiger partial charge in [-0.05, 0) is 37.1 Å². The van der Waals surface area contributed by atoms with Gasteiger partial charge in [0.2, 0.25) is 0 Å². The van der Waals surface area contributed by atoms with Gasteiger partial charge in [-0.1, -0.05) is 11.3 Å². The van der Waals surface area contributed by atoms with Gasteiger partial charge < -0.3 is 10.6 Å². The lowest BCUT2D eigenvalue weighted by molar-refractivity contribution is 0.598. The lowest BCUT2D eigenvalue weighted by Gasteiger charge is -2.19. The Hall–Kier alpha value is -1.88. The monoisotopic (exact) mass is 259 g/mol. The van der Waals surface area contributed by atoms with E-state index in [1.807, 2.05) is 6.20 Å². The Labute approximate surface area is 114 Å². The molecule has 0 atom stereocenters. The van der Waals surface area contributed by atoms with Crippen LogP contribution in [0.2, 0.25) is 0 Å². The molecule has 0 saturated heterocycles. The Balaban J connectivity index is 2.08. The van der Waals surface area contributed by atoms with E-state index in [2.05, 4.69) is 54.3 Å². The Morgan fingerprint density at radius 3 is 2.53 bits per heavy atom. The molecule has 0 fully saturated rings. The summed E-state index contributed by atoms with van der Waals surface area (Å²) in [5, 5.41) is 8.21. The highest BCUT2D eigenvalue weighted by molar-refractivity contribution is 5.50. The molecule has 2 N–H and O–H groups in total. The Bertz CT molecular complexity index is 526. The number of benzene rings is 1. The molecule has 102 valence electrons. The summed E-state index contributed by atoms with van der Waals surface area (Å²) in [6.45, 7) is 6.26. The molecule has 1 heterocycles. The van der Waals surface area contributed by atoms with Crippen LogP contribution in [0.1, 0.15) is 16.8 Å². The van der Waals surface area contributed by atoms with Crippen LogP contribution in [0.4, 0.5) is 5.69 Å². The Morgan fingerprint density at radius 2 is 1.89 bits per heavy atom. The molecule has 0 spiro atoms. The molecule has 0 unspecified atom stereocenters. The molecule has 5 nitrogen and oxygen atoms in total. The number of aryl methyl sites for hydroxylation is 2. The van der Waals surface area contributed by atoms with Gasteiger partial charge in [0.25, 0.3) is 0 Å². The first-order chi connectivity index (χ1) is 9.08. The van der Waals surface area contributed by atoms with Gasteiger partial charge in [0.05, 0.1) is 19.3 Å². The molecule has 19 heavy (non-hydrogen) atoms. The first-order valence-electron chi connectivity index (χ1n) is 6.47. The Morgan fingerprint density at radius 1 is 1.21 bits per heavy atom. The van der Waals surface area contributed by atoms with Crippen LogP contribution in [0.15, 0.2) is 24.4 Å². The molecule has 0 aliphatic carbocycles. The molecule has 0 amide bonds. The van der Waals surface area contributed by atoms with E-state index in [0.717, 1.165) is 12.2 Å². The maximum atomic E-state index is 5.50. The minimum absolute atomic E-state index is 0.579. The van der Waals surface area contributed by atoms with Crippen molar-refractivity contribution in [3.63, 3.8) is 0 Å². The molecule has 1 aromatic carbocycles. The van der Waals surface area contributed by atoms with Crippen molar-refractivity contribution in [2.24, 2.45) is 5.73 Å². The predicted octanol–water partition coefficient (Wildman–Crippen LogP) is 1.49. The zero-order chi connectivity index (χ0) is 13.8. The fourth-order valence-corrected chi connectivity index (χ4v) is 2.16. The zero-order valence-corrected chi connectivity index (χ0v) is 11.8. The van der Waals surface area contributed by atoms with Gasteiger partial charge in [0.15, 0.2) is 0 Å². The third kappa shape index (κ3) is 3.54. The number of nitrogens with two attached hydrogens (primary N) is 1. The highest BCUT2D eigenvalue weighted by atomic mass is 15.4. The topological polar surface area (TPSA) is 60.0 Å². The first kappa shape index (κ1) is 13.5. The van der Waals surface area contributed by atoms with Crippen molar-refractivity contribution in [3.05, 3.63) is 41.2 Å². The second-order valence-corrected chi connectivity index (χ2v) is 4.96. The molecular weight excluding hydrogens is 238 g/mol. The van der Waals surface area contributed by atoms with Crippen molar-refractivity contribution >= 4 is 5.69 Å². The average molecular weight is 259 g/mol. The van der Waals surface area contributed by atoms with Crippen molar-refractivity contribution in [3.8, 4) is 0 Å².